The minimum atomic E-state index is -1.17. The number of carboxylic acids is 1. The average molecular weight is 446 g/mol. The number of nitrogens with zero attached hydrogens (tertiary/aromatic N) is 1. The fraction of sp³-hybridized carbons (Fsp3) is 0.0667. The van der Waals surface area contributed by atoms with Crippen LogP contribution in [0.2, 0.25) is 0 Å². The second-order valence-electron chi connectivity index (χ2n) is 8.19. The Morgan fingerprint density at radius 2 is 1.44 bits per heavy atom. The van der Waals surface area contributed by atoms with E-state index in [1.165, 1.54) is 0 Å². The van der Waals surface area contributed by atoms with Crippen LogP contribution in [0.1, 0.15) is 27.0 Å². The molecule has 1 aromatic heterocycles. The normalized spacial score (nSPS) is 11.3. The van der Waals surface area contributed by atoms with E-state index in [1.807, 2.05) is 121 Å². The molecule has 0 radical (unpaired) electrons. The maximum absolute atomic E-state index is 11.9. The molecule has 1 heterocycles. The van der Waals surface area contributed by atoms with Crippen molar-refractivity contribution in [2.75, 3.05) is 0 Å². The van der Waals surface area contributed by atoms with Gasteiger partial charge < -0.3 is 14.6 Å². The predicted octanol–water partition coefficient (Wildman–Crippen LogP) is 4.93. The van der Waals surface area contributed by atoms with Crippen molar-refractivity contribution in [3.63, 3.8) is 0 Å². The summed E-state index contributed by atoms with van der Waals surface area (Å²) in [7, 11) is 1.95. The third-order valence-corrected chi connectivity index (χ3v) is 5.99. The summed E-state index contributed by atoms with van der Waals surface area (Å²) in [5.41, 5.74) is 5.07. The van der Waals surface area contributed by atoms with Crippen LogP contribution in [0.5, 0.6) is 5.75 Å². The number of para-hydroxylation sites is 1. The summed E-state index contributed by atoms with van der Waals surface area (Å²) in [4.78, 5) is 11.9. The van der Waals surface area contributed by atoms with Crippen LogP contribution in [0, 0.1) is 0 Å². The molecule has 4 aromatic carbocycles. The van der Waals surface area contributed by atoms with Crippen LogP contribution < -0.4 is 14.4 Å². The SMILES string of the molecule is C[n+]1c2ccccc2c(C(=O)[O-])c2ccc(C=Cc3ccc(OCc4ccccc4)cc3)cc21. The fourth-order valence-corrected chi connectivity index (χ4v) is 4.22. The Kier molecular flexibility index (Phi) is 5.79. The van der Waals surface area contributed by atoms with Crippen molar-refractivity contribution in [1.29, 1.82) is 0 Å². The molecule has 5 aromatic rings. The Hall–Kier alpha value is -4.44. The lowest BCUT2D eigenvalue weighted by Gasteiger charge is -2.11. The van der Waals surface area contributed by atoms with Crippen LogP contribution in [0.25, 0.3) is 34.0 Å². The van der Waals surface area contributed by atoms with Crippen LogP contribution in [0.4, 0.5) is 0 Å². The summed E-state index contributed by atoms with van der Waals surface area (Å²) < 4.78 is 7.88. The van der Waals surface area contributed by atoms with E-state index in [1.54, 1.807) is 0 Å². The lowest BCUT2D eigenvalue weighted by Crippen LogP contribution is -2.33. The number of hydrogen-bond acceptors (Lipinski definition) is 3. The quantitative estimate of drug-likeness (QED) is 0.212. The second-order valence-corrected chi connectivity index (χ2v) is 8.19. The van der Waals surface area contributed by atoms with Gasteiger partial charge in [0.1, 0.15) is 19.4 Å². The molecule has 4 heteroatoms. The molecule has 0 bridgehead atoms. The van der Waals surface area contributed by atoms with E-state index >= 15 is 0 Å². The maximum atomic E-state index is 11.9. The van der Waals surface area contributed by atoms with E-state index in [0.717, 1.165) is 33.5 Å². The third kappa shape index (κ3) is 4.26. The summed E-state index contributed by atoms with van der Waals surface area (Å²) in [6.07, 6.45) is 4.05. The summed E-state index contributed by atoms with van der Waals surface area (Å²) in [6.45, 7) is 0.534. The van der Waals surface area contributed by atoms with Gasteiger partial charge in [0.25, 0.3) is 0 Å². The zero-order chi connectivity index (χ0) is 23.5. The minimum absolute atomic E-state index is 0.227. The molecular weight excluding hydrogens is 422 g/mol. The third-order valence-electron chi connectivity index (χ3n) is 5.99. The number of aryl methyl sites for hydroxylation is 1. The molecule has 0 aliphatic heterocycles. The lowest BCUT2D eigenvalue weighted by atomic mass is 10.0. The van der Waals surface area contributed by atoms with Crippen LogP contribution in [-0.2, 0) is 13.7 Å². The van der Waals surface area contributed by atoms with Crippen molar-refractivity contribution in [2.24, 2.45) is 7.05 Å². The molecule has 0 aliphatic carbocycles. The van der Waals surface area contributed by atoms with E-state index in [4.69, 9.17) is 4.74 Å². The number of ether oxygens (including phenoxy) is 1. The summed E-state index contributed by atoms with van der Waals surface area (Å²) in [5, 5.41) is 13.3. The number of fused-ring (bicyclic) bond motifs is 2. The first-order valence-electron chi connectivity index (χ1n) is 11.1. The van der Waals surface area contributed by atoms with Gasteiger partial charge in [-0.2, -0.15) is 4.57 Å². The first kappa shape index (κ1) is 21.4. The molecule has 166 valence electrons. The van der Waals surface area contributed by atoms with Crippen molar-refractivity contribution < 1.29 is 19.2 Å². The topological polar surface area (TPSA) is 53.2 Å². The molecular formula is C30H23NO3. The Labute approximate surface area is 198 Å². The van der Waals surface area contributed by atoms with Crippen molar-refractivity contribution in [1.82, 2.24) is 0 Å². The van der Waals surface area contributed by atoms with Gasteiger partial charge >= 0.3 is 0 Å². The van der Waals surface area contributed by atoms with Gasteiger partial charge in [0.2, 0.25) is 11.0 Å². The largest absolute Gasteiger partial charge is 0.545 e. The monoisotopic (exact) mass is 445 g/mol. The number of aromatic nitrogens is 1. The zero-order valence-electron chi connectivity index (χ0n) is 18.8. The molecule has 0 unspecified atom stereocenters. The van der Waals surface area contributed by atoms with Gasteiger partial charge in [-0.25, -0.2) is 0 Å². The number of benzene rings is 4. The molecule has 0 spiro atoms. The first-order valence-corrected chi connectivity index (χ1v) is 11.1. The van der Waals surface area contributed by atoms with Crippen LogP contribution in [0.15, 0.2) is 97.1 Å². The molecule has 0 atom stereocenters. The molecule has 0 saturated heterocycles. The molecule has 0 amide bonds. The highest BCUT2D eigenvalue weighted by Crippen LogP contribution is 2.25. The van der Waals surface area contributed by atoms with Crippen LogP contribution in [0.3, 0.4) is 0 Å². The van der Waals surface area contributed by atoms with Gasteiger partial charge in [0.05, 0.1) is 16.7 Å². The van der Waals surface area contributed by atoms with E-state index in [0.29, 0.717) is 17.4 Å². The standard InChI is InChI=1S/C30H23NO3/c1-31-27-10-6-5-9-25(27)29(30(32)33)26-18-15-22(19-28(26)31)12-11-21-13-16-24(17-14-21)34-20-23-7-3-2-4-8-23/h2-19H,20H2,1H3. The van der Waals surface area contributed by atoms with Gasteiger partial charge in [-0.3, -0.25) is 0 Å². The van der Waals surface area contributed by atoms with Crippen molar-refractivity contribution in [2.45, 2.75) is 6.61 Å². The minimum Gasteiger partial charge on any atom is -0.545 e. The number of aromatic carboxylic acids is 1. The van der Waals surface area contributed by atoms with E-state index in [9.17, 15) is 9.90 Å². The highest BCUT2D eigenvalue weighted by atomic mass is 16.5. The van der Waals surface area contributed by atoms with E-state index in [-0.39, 0.29) is 5.56 Å². The first-order chi connectivity index (χ1) is 16.6. The van der Waals surface area contributed by atoms with Crippen LogP contribution >= 0.6 is 0 Å². The zero-order valence-corrected chi connectivity index (χ0v) is 18.8. The summed E-state index contributed by atoms with van der Waals surface area (Å²) >= 11 is 0. The van der Waals surface area contributed by atoms with Gasteiger partial charge in [-0.15, -0.1) is 0 Å². The molecule has 34 heavy (non-hydrogen) atoms. The molecule has 0 fully saturated rings. The molecule has 0 N–H and O–H groups in total. The van der Waals surface area contributed by atoms with Gasteiger partial charge in [0, 0.05) is 17.7 Å². The molecule has 0 aliphatic rings. The number of carboxylic acid groups (broad SMARTS) is 1. The maximum Gasteiger partial charge on any atom is 0.214 e. The Morgan fingerprint density at radius 1 is 0.794 bits per heavy atom. The molecule has 5 rings (SSSR count). The average Bonchev–Trinajstić information content (AvgIpc) is 2.87. The summed E-state index contributed by atoms with van der Waals surface area (Å²) in [5.74, 6) is -0.347. The van der Waals surface area contributed by atoms with Gasteiger partial charge in [-0.1, -0.05) is 72.8 Å². The Bertz CT molecular complexity index is 1520. The number of rotatable bonds is 6. The van der Waals surface area contributed by atoms with Gasteiger partial charge in [0.15, 0.2) is 0 Å². The van der Waals surface area contributed by atoms with E-state index < -0.39 is 5.97 Å². The number of carbonyl (C=O) groups excluding carboxylic acids is 1. The van der Waals surface area contributed by atoms with Crippen LogP contribution in [-0.4, -0.2) is 5.97 Å². The summed E-state index contributed by atoms with van der Waals surface area (Å²) in [6, 6.07) is 31.3. The number of pyridine rings is 1. The lowest BCUT2D eigenvalue weighted by molar-refractivity contribution is -0.617. The van der Waals surface area contributed by atoms with Crippen molar-refractivity contribution in [3.8, 4) is 5.75 Å². The highest BCUT2D eigenvalue weighted by Gasteiger charge is 2.18. The Morgan fingerprint density at radius 3 is 2.21 bits per heavy atom. The number of hydrogen-bond donors (Lipinski definition) is 0. The Balaban J connectivity index is 1.40. The van der Waals surface area contributed by atoms with Crippen molar-refractivity contribution in [3.05, 3.63) is 119 Å². The highest BCUT2D eigenvalue weighted by molar-refractivity contribution is 6.11. The smallest absolute Gasteiger partial charge is 0.214 e. The predicted molar refractivity (Wildman–Crippen MR) is 133 cm³/mol. The van der Waals surface area contributed by atoms with E-state index in [2.05, 4.69) is 0 Å². The van der Waals surface area contributed by atoms with Gasteiger partial charge in [-0.05, 0) is 41.0 Å². The molecule has 4 nitrogen and oxygen atoms in total. The number of carbonyl (C=O) groups is 1. The molecule has 0 saturated carbocycles. The fourth-order valence-electron chi connectivity index (χ4n) is 4.22. The second kappa shape index (κ2) is 9.20. The van der Waals surface area contributed by atoms with Crippen molar-refractivity contribution >= 4 is 39.9 Å².